The Labute approximate surface area is 167 Å². The fourth-order valence-corrected chi connectivity index (χ4v) is 3.34. The highest BCUT2D eigenvalue weighted by Crippen LogP contribution is 2.38. The molecule has 1 heterocycles. The van der Waals surface area contributed by atoms with E-state index in [4.69, 9.17) is 23.4 Å². The summed E-state index contributed by atoms with van der Waals surface area (Å²) in [5.41, 5.74) is 0.963. The highest BCUT2D eigenvalue weighted by Gasteiger charge is 2.14. The molecule has 0 atom stereocenters. The number of hydrogen-bond acceptors (Lipinski definition) is 6. The van der Waals surface area contributed by atoms with Gasteiger partial charge in [-0.25, -0.2) is 4.79 Å². The molecule has 29 heavy (non-hydrogen) atoms. The summed E-state index contributed by atoms with van der Waals surface area (Å²) in [6.07, 6.45) is 0. The first-order valence-corrected chi connectivity index (χ1v) is 9.02. The highest BCUT2D eigenvalue weighted by molar-refractivity contribution is 6.04. The molecule has 0 saturated carbocycles. The van der Waals surface area contributed by atoms with Gasteiger partial charge in [-0.2, -0.15) is 0 Å². The Kier molecular flexibility index (Phi) is 4.99. The molecular formula is C23H20O6. The van der Waals surface area contributed by atoms with Crippen LogP contribution in [0.15, 0.2) is 63.8 Å². The zero-order valence-corrected chi connectivity index (χ0v) is 16.4. The Morgan fingerprint density at radius 2 is 1.48 bits per heavy atom. The lowest BCUT2D eigenvalue weighted by atomic mass is 10.1. The van der Waals surface area contributed by atoms with Gasteiger partial charge in [-0.15, -0.1) is 0 Å². The molecular weight excluding hydrogens is 372 g/mol. The first-order chi connectivity index (χ1) is 14.1. The van der Waals surface area contributed by atoms with Crippen molar-refractivity contribution in [3.05, 3.63) is 70.6 Å². The summed E-state index contributed by atoms with van der Waals surface area (Å²) in [5, 5.41) is 2.28. The van der Waals surface area contributed by atoms with Crippen molar-refractivity contribution in [3.63, 3.8) is 0 Å². The molecule has 0 spiro atoms. The minimum absolute atomic E-state index is 0.278. The summed E-state index contributed by atoms with van der Waals surface area (Å²) in [6.45, 7) is 0.278. The molecule has 0 fully saturated rings. The van der Waals surface area contributed by atoms with Crippen LogP contribution in [0.25, 0.3) is 21.7 Å². The van der Waals surface area contributed by atoms with Gasteiger partial charge in [0.15, 0.2) is 11.5 Å². The van der Waals surface area contributed by atoms with Crippen molar-refractivity contribution in [2.24, 2.45) is 0 Å². The zero-order chi connectivity index (χ0) is 20.4. The molecule has 3 aromatic carbocycles. The molecule has 6 heteroatoms. The van der Waals surface area contributed by atoms with Gasteiger partial charge in [-0.1, -0.05) is 18.2 Å². The molecule has 148 valence electrons. The number of hydrogen-bond donors (Lipinski definition) is 0. The summed E-state index contributed by atoms with van der Waals surface area (Å²) in [4.78, 5) is 12.2. The maximum absolute atomic E-state index is 12.2. The average Bonchev–Trinajstić information content (AvgIpc) is 2.76. The maximum Gasteiger partial charge on any atom is 0.344 e. The van der Waals surface area contributed by atoms with E-state index in [0.717, 1.165) is 16.3 Å². The predicted molar refractivity (Wildman–Crippen MR) is 110 cm³/mol. The highest BCUT2D eigenvalue weighted by atomic mass is 16.5. The zero-order valence-electron chi connectivity index (χ0n) is 16.4. The van der Waals surface area contributed by atoms with Crippen molar-refractivity contribution in [1.82, 2.24) is 0 Å². The van der Waals surface area contributed by atoms with Gasteiger partial charge in [0, 0.05) is 11.5 Å². The van der Waals surface area contributed by atoms with Crippen molar-refractivity contribution in [2.45, 2.75) is 6.61 Å². The van der Waals surface area contributed by atoms with Gasteiger partial charge in [0.25, 0.3) is 0 Å². The molecule has 0 bridgehead atoms. The number of benzene rings is 3. The number of methoxy groups -OCH3 is 3. The lowest BCUT2D eigenvalue weighted by molar-refractivity contribution is 0.298. The minimum atomic E-state index is -0.366. The summed E-state index contributed by atoms with van der Waals surface area (Å²) >= 11 is 0. The average molecular weight is 392 g/mol. The van der Waals surface area contributed by atoms with Crippen LogP contribution in [0, 0.1) is 0 Å². The molecule has 0 radical (unpaired) electrons. The molecule has 0 unspecified atom stereocenters. The number of ether oxygens (including phenoxy) is 4. The van der Waals surface area contributed by atoms with Crippen molar-refractivity contribution in [3.8, 4) is 23.0 Å². The Morgan fingerprint density at radius 1 is 0.793 bits per heavy atom. The van der Waals surface area contributed by atoms with Crippen LogP contribution in [0.4, 0.5) is 0 Å². The van der Waals surface area contributed by atoms with Crippen LogP contribution in [0.5, 0.6) is 23.0 Å². The van der Waals surface area contributed by atoms with E-state index in [1.165, 1.54) is 0 Å². The SMILES string of the molecule is COc1cc(COc2ccc3c(c2)oc(=O)c2ccccc23)cc(OC)c1OC. The Bertz CT molecular complexity index is 1220. The van der Waals surface area contributed by atoms with Gasteiger partial charge in [-0.05, 0) is 41.3 Å². The molecule has 0 N–H and O–H groups in total. The van der Waals surface area contributed by atoms with E-state index in [2.05, 4.69) is 0 Å². The lowest BCUT2D eigenvalue weighted by Gasteiger charge is -2.14. The van der Waals surface area contributed by atoms with Crippen LogP contribution in [-0.4, -0.2) is 21.3 Å². The fraction of sp³-hybridized carbons (Fsp3) is 0.174. The first kappa shape index (κ1) is 18.7. The topological polar surface area (TPSA) is 67.1 Å². The largest absolute Gasteiger partial charge is 0.493 e. The van der Waals surface area contributed by atoms with Crippen LogP contribution in [0.1, 0.15) is 5.56 Å². The third kappa shape index (κ3) is 3.45. The monoisotopic (exact) mass is 392 g/mol. The van der Waals surface area contributed by atoms with Crippen LogP contribution >= 0.6 is 0 Å². The van der Waals surface area contributed by atoms with E-state index in [1.54, 1.807) is 33.5 Å². The van der Waals surface area contributed by atoms with Gasteiger partial charge in [0.05, 0.1) is 26.7 Å². The van der Waals surface area contributed by atoms with Gasteiger partial charge >= 0.3 is 5.63 Å². The third-order valence-corrected chi connectivity index (χ3v) is 4.72. The Morgan fingerprint density at radius 3 is 2.14 bits per heavy atom. The molecule has 6 nitrogen and oxygen atoms in total. The quantitative estimate of drug-likeness (QED) is 0.354. The molecule has 0 amide bonds. The number of fused-ring (bicyclic) bond motifs is 3. The van der Waals surface area contributed by atoms with Crippen molar-refractivity contribution in [1.29, 1.82) is 0 Å². The van der Waals surface area contributed by atoms with Gasteiger partial charge < -0.3 is 23.4 Å². The van der Waals surface area contributed by atoms with Gasteiger partial charge in [0.1, 0.15) is 17.9 Å². The maximum atomic E-state index is 12.2. The van der Waals surface area contributed by atoms with Gasteiger partial charge in [0.2, 0.25) is 5.75 Å². The second kappa shape index (κ2) is 7.75. The predicted octanol–water partition coefficient (Wildman–Crippen LogP) is 4.55. The first-order valence-electron chi connectivity index (χ1n) is 9.02. The van der Waals surface area contributed by atoms with E-state index >= 15 is 0 Å². The molecule has 0 aliphatic carbocycles. The van der Waals surface area contributed by atoms with Crippen molar-refractivity contribution in [2.75, 3.05) is 21.3 Å². The minimum Gasteiger partial charge on any atom is -0.493 e. The Balaban J connectivity index is 1.65. The van der Waals surface area contributed by atoms with E-state index in [1.807, 2.05) is 42.5 Å². The summed E-state index contributed by atoms with van der Waals surface area (Å²) in [5.74, 6) is 2.23. The van der Waals surface area contributed by atoms with E-state index in [-0.39, 0.29) is 12.2 Å². The summed E-state index contributed by atoms with van der Waals surface area (Å²) in [7, 11) is 4.69. The van der Waals surface area contributed by atoms with Crippen LogP contribution in [-0.2, 0) is 6.61 Å². The second-order valence-corrected chi connectivity index (χ2v) is 6.42. The smallest absolute Gasteiger partial charge is 0.344 e. The van der Waals surface area contributed by atoms with Gasteiger partial charge in [-0.3, -0.25) is 0 Å². The molecule has 4 rings (SSSR count). The molecule has 1 aromatic heterocycles. The molecule has 0 saturated heterocycles. The standard InChI is InChI=1S/C23H20O6/c1-25-20-10-14(11-21(26-2)22(20)27-3)13-28-15-8-9-17-16-6-4-5-7-18(16)23(24)29-19(17)12-15/h4-12H,13H2,1-3H3. The Hall–Kier alpha value is -3.67. The van der Waals surface area contributed by atoms with Crippen LogP contribution < -0.4 is 24.6 Å². The normalized spacial score (nSPS) is 10.9. The van der Waals surface area contributed by atoms with E-state index < -0.39 is 0 Å². The molecule has 0 aliphatic rings. The van der Waals surface area contributed by atoms with Crippen molar-refractivity contribution < 1.29 is 23.4 Å². The fourth-order valence-electron chi connectivity index (χ4n) is 3.34. The lowest BCUT2D eigenvalue weighted by Crippen LogP contribution is -2.01. The van der Waals surface area contributed by atoms with Crippen LogP contribution in [0.3, 0.4) is 0 Å². The summed E-state index contributed by atoms with van der Waals surface area (Å²) in [6, 6.07) is 16.5. The van der Waals surface area contributed by atoms with E-state index in [9.17, 15) is 4.79 Å². The molecule has 0 aliphatic heterocycles. The third-order valence-electron chi connectivity index (χ3n) is 4.72. The van der Waals surface area contributed by atoms with E-state index in [0.29, 0.717) is 34.0 Å². The number of rotatable bonds is 6. The van der Waals surface area contributed by atoms with Crippen LogP contribution in [0.2, 0.25) is 0 Å². The summed E-state index contributed by atoms with van der Waals surface area (Å²) < 4.78 is 27.5. The second-order valence-electron chi connectivity index (χ2n) is 6.42. The molecule has 4 aromatic rings. The van der Waals surface area contributed by atoms with Crippen molar-refractivity contribution >= 4 is 21.7 Å².